The number of hydrogen-bond donors (Lipinski definition) is 1. The van der Waals surface area contributed by atoms with E-state index in [1.54, 1.807) is 17.7 Å². The molecule has 3 aromatic heterocycles. The molecule has 0 spiro atoms. The molecular formula is C14H18N6S. The van der Waals surface area contributed by atoms with Gasteiger partial charge in [0.2, 0.25) is 0 Å². The molecule has 7 heteroatoms. The zero-order valence-corrected chi connectivity index (χ0v) is 13.0. The van der Waals surface area contributed by atoms with Gasteiger partial charge in [0.15, 0.2) is 0 Å². The van der Waals surface area contributed by atoms with E-state index in [1.807, 2.05) is 0 Å². The highest BCUT2D eigenvalue weighted by Crippen LogP contribution is 2.25. The van der Waals surface area contributed by atoms with Crippen LogP contribution in [-0.2, 0) is 19.4 Å². The van der Waals surface area contributed by atoms with Gasteiger partial charge in [0.25, 0.3) is 0 Å². The van der Waals surface area contributed by atoms with E-state index >= 15 is 0 Å². The van der Waals surface area contributed by atoms with Crippen molar-refractivity contribution < 1.29 is 0 Å². The van der Waals surface area contributed by atoms with Crippen LogP contribution in [0.2, 0.25) is 0 Å². The van der Waals surface area contributed by atoms with E-state index in [-0.39, 0.29) is 0 Å². The molecular weight excluding hydrogens is 284 g/mol. The molecule has 0 aliphatic heterocycles. The summed E-state index contributed by atoms with van der Waals surface area (Å²) in [5, 5.41) is 14.6. The van der Waals surface area contributed by atoms with Crippen LogP contribution >= 0.6 is 11.3 Å². The van der Waals surface area contributed by atoms with E-state index in [0.29, 0.717) is 0 Å². The summed E-state index contributed by atoms with van der Waals surface area (Å²) in [5.74, 6) is 2.81. The van der Waals surface area contributed by atoms with Crippen molar-refractivity contribution >= 4 is 27.4 Å². The second-order valence-electron chi connectivity index (χ2n) is 4.70. The number of rotatable bonds is 6. The number of anilines is 1. The van der Waals surface area contributed by atoms with Gasteiger partial charge in [0.1, 0.15) is 28.6 Å². The van der Waals surface area contributed by atoms with Gasteiger partial charge in [-0.1, -0.05) is 13.8 Å². The maximum absolute atomic E-state index is 4.60. The Morgan fingerprint density at radius 3 is 2.95 bits per heavy atom. The summed E-state index contributed by atoms with van der Waals surface area (Å²) in [4.78, 5) is 10.2. The molecule has 3 heterocycles. The molecule has 0 bridgehead atoms. The largest absolute Gasteiger partial charge is 0.368 e. The molecule has 110 valence electrons. The summed E-state index contributed by atoms with van der Waals surface area (Å²) < 4.78 is 2.07. The quantitative estimate of drug-likeness (QED) is 0.758. The summed E-state index contributed by atoms with van der Waals surface area (Å²) in [5.41, 5.74) is 0. The third-order valence-electron chi connectivity index (χ3n) is 3.34. The van der Waals surface area contributed by atoms with E-state index in [4.69, 9.17) is 0 Å². The molecule has 3 aromatic rings. The minimum absolute atomic E-state index is 0.788. The Morgan fingerprint density at radius 2 is 2.14 bits per heavy atom. The summed E-state index contributed by atoms with van der Waals surface area (Å²) in [6.07, 6.45) is 3.51. The van der Waals surface area contributed by atoms with E-state index in [2.05, 4.69) is 55.3 Å². The summed E-state index contributed by atoms with van der Waals surface area (Å²) >= 11 is 1.65. The molecule has 0 unspecified atom stereocenters. The third kappa shape index (κ3) is 2.87. The Labute approximate surface area is 127 Å². The lowest BCUT2D eigenvalue weighted by Gasteiger charge is -2.09. The highest BCUT2D eigenvalue weighted by atomic mass is 32.1. The predicted octanol–water partition coefficient (Wildman–Crippen LogP) is 2.52. The van der Waals surface area contributed by atoms with Crippen LogP contribution in [0.1, 0.15) is 25.5 Å². The molecule has 0 radical (unpaired) electrons. The number of nitrogens with zero attached hydrogens (tertiary/aromatic N) is 5. The Hall–Kier alpha value is -2.02. The van der Waals surface area contributed by atoms with Crippen LogP contribution in [0.3, 0.4) is 0 Å². The number of aryl methyl sites for hydroxylation is 2. The molecule has 0 atom stereocenters. The topological polar surface area (TPSA) is 68.5 Å². The van der Waals surface area contributed by atoms with Crippen LogP contribution in [-0.4, -0.2) is 31.3 Å². The Bertz CT molecular complexity index is 732. The third-order valence-corrected chi connectivity index (χ3v) is 4.15. The number of aromatic nitrogens is 5. The molecule has 21 heavy (non-hydrogen) atoms. The average molecular weight is 302 g/mol. The molecule has 1 N–H and O–H groups in total. The molecule has 6 nitrogen and oxygen atoms in total. The van der Waals surface area contributed by atoms with Gasteiger partial charge < -0.3 is 9.88 Å². The maximum atomic E-state index is 4.60. The van der Waals surface area contributed by atoms with Gasteiger partial charge in [0.05, 0.1) is 5.39 Å². The molecule has 0 fully saturated rings. The van der Waals surface area contributed by atoms with Crippen molar-refractivity contribution in [1.29, 1.82) is 0 Å². The van der Waals surface area contributed by atoms with E-state index in [0.717, 1.165) is 53.6 Å². The van der Waals surface area contributed by atoms with Crippen LogP contribution in [0.15, 0.2) is 17.8 Å². The van der Waals surface area contributed by atoms with Crippen molar-refractivity contribution in [3.8, 4) is 0 Å². The van der Waals surface area contributed by atoms with Crippen molar-refractivity contribution in [1.82, 2.24) is 24.7 Å². The SMILES string of the molecule is CCc1nc(NCCn2cnnc2CC)c2ccsc2n1. The first-order chi connectivity index (χ1) is 10.3. The van der Waals surface area contributed by atoms with Gasteiger partial charge in [-0.2, -0.15) is 0 Å². The molecule has 0 aliphatic carbocycles. The van der Waals surface area contributed by atoms with Crippen molar-refractivity contribution in [2.75, 3.05) is 11.9 Å². The Morgan fingerprint density at radius 1 is 1.24 bits per heavy atom. The first-order valence-electron chi connectivity index (χ1n) is 7.16. The smallest absolute Gasteiger partial charge is 0.138 e. The van der Waals surface area contributed by atoms with Crippen LogP contribution in [0.25, 0.3) is 10.2 Å². The molecule has 3 rings (SSSR count). The highest BCUT2D eigenvalue weighted by molar-refractivity contribution is 7.16. The van der Waals surface area contributed by atoms with Crippen molar-refractivity contribution in [3.63, 3.8) is 0 Å². The summed E-state index contributed by atoms with van der Waals surface area (Å²) in [6.45, 7) is 5.77. The van der Waals surface area contributed by atoms with Gasteiger partial charge in [-0.05, 0) is 11.4 Å². The standard InChI is InChI=1S/C14H18N6S/c1-3-11-17-13(10-5-8-21-14(10)18-11)15-6-7-20-9-16-19-12(20)4-2/h5,8-9H,3-4,6-7H2,1-2H3,(H,15,17,18). The number of nitrogens with one attached hydrogen (secondary N) is 1. The molecule has 0 amide bonds. The average Bonchev–Trinajstić information content (AvgIpc) is 3.15. The first kappa shape index (κ1) is 13.9. The minimum atomic E-state index is 0.788. The summed E-state index contributed by atoms with van der Waals surface area (Å²) in [7, 11) is 0. The molecule has 0 aromatic carbocycles. The molecule has 0 aliphatic rings. The molecule has 0 saturated heterocycles. The van der Waals surface area contributed by atoms with E-state index < -0.39 is 0 Å². The predicted molar refractivity (Wildman–Crippen MR) is 84.7 cm³/mol. The van der Waals surface area contributed by atoms with E-state index in [9.17, 15) is 0 Å². The van der Waals surface area contributed by atoms with Gasteiger partial charge in [0, 0.05) is 25.9 Å². The lowest BCUT2D eigenvalue weighted by Crippen LogP contribution is -2.13. The zero-order valence-electron chi connectivity index (χ0n) is 12.2. The summed E-state index contributed by atoms with van der Waals surface area (Å²) in [6, 6.07) is 2.07. The lowest BCUT2D eigenvalue weighted by atomic mass is 10.3. The fourth-order valence-corrected chi connectivity index (χ4v) is 3.01. The van der Waals surface area contributed by atoms with Gasteiger partial charge in [-0.15, -0.1) is 21.5 Å². The maximum Gasteiger partial charge on any atom is 0.138 e. The van der Waals surface area contributed by atoms with Crippen molar-refractivity contribution in [2.45, 2.75) is 33.2 Å². The van der Waals surface area contributed by atoms with Crippen LogP contribution < -0.4 is 5.32 Å². The van der Waals surface area contributed by atoms with Crippen molar-refractivity contribution in [3.05, 3.63) is 29.4 Å². The molecule has 0 saturated carbocycles. The van der Waals surface area contributed by atoms with Crippen LogP contribution in [0.5, 0.6) is 0 Å². The second kappa shape index (κ2) is 6.17. The monoisotopic (exact) mass is 302 g/mol. The first-order valence-corrected chi connectivity index (χ1v) is 8.04. The number of hydrogen-bond acceptors (Lipinski definition) is 6. The Kier molecular flexibility index (Phi) is 4.10. The van der Waals surface area contributed by atoms with Crippen LogP contribution in [0.4, 0.5) is 5.82 Å². The van der Waals surface area contributed by atoms with Gasteiger partial charge >= 0.3 is 0 Å². The second-order valence-corrected chi connectivity index (χ2v) is 5.60. The van der Waals surface area contributed by atoms with Gasteiger partial charge in [-0.25, -0.2) is 9.97 Å². The van der Waals surface area contributed by atoms with Crippen LogP contribution in [0, 0.1) is 0 Å². The number of fused-ring (bicyclic) bond motifs is 1. The minimum Gasteiger partial charge on any atom is -0.368 e. The van der Waals surface area contributed by atoms with Crippen molar-refractivity contribution in [2.24, 2.45) is 0 Å². The normalized spacial score (nSPS) is 11.1. The van der Waals surface area contributed by atoms with Gasteiger partial charge in [-0.3, -0.25) is 0 Å². The highest BCUT2D eigenvalue weighted by Gasteiger charge is 2.08. The Balaban J connectivity index is 1.74. The fraction of sp³-hybridized carbons (Fsp3) is 0.429. The van der Waals surface area contributed by atoms with E-state index in [1.165, 1.54) is 0 Å². The zero-order chi connectivity index (χ0) is 14.7. The fourth-order valence-electron chi connectivity index (χ4n) is 2.23. The number of thiophene rings is 1. The lowest BCUT2D eigenvalue weighted by molar-refractivity contribution is 0.679.